The summed E-state index contributed by atoms with van der Waals surface area (Å²) in [5.74, 6) is -3.42. The minimum Gasteiger partial charge on any atom is -0.478 e. The summed E-state index contributed by atoms with van der Waals surface area (Å²) >= 11 is 6.30. The SMILES string of the molecule is N=C(C1=C(NC(=O)c2c(Cl)cccc2C2(C(F)(F)F)CC2)CC(NC(=O)C2CCC2)CC1)c1ccc(C(=O)O)cc1F. The Labute approximate surface area is 243 Å². The van der Waals surface area contributed by atoms with E-state index in [9.17, 15) is 31.9 Å². The molecule has 0 bridgehead atoms. The van der Waals surface area contributed by atoms with Gasteiger partial charge in [0.1, 0.15) is 5.82 Å². The van der Waals surface area contributed by atoms with Crippen molar-refractivity contribution in [1.82, 2.24) is 10.6 Å². The Morgan fingerprint density at radius 2 is 1.79 bits per heavy atom. The van der Waals surface area contributed by atoms with E-state index in [2.05, 4.69) is 10.6 Å². The van der Waals surface area contributed by atoms with Crippen molar-refractivity contribution in [2.45, 2.75) is 69.0 Å². The van der Waals surface area contributed by atoms with E-state index in [1.54, 1.807) is 0 Å². The maximum atomic E-state index is 14.9. The number of benzene rings is 2. The van der Waals surface area contributed by atoms with Crippen LogP contribution in [-0.2, 0) is 10.2 Å². The van der Waals surface area contributed by atoms with Crippen LogP contribution in [0.15, 0.2) is 47.7 Å². The fourth-order valence-corrected chi connectivity index (χ4v) is 5.91. The Kier molecular flexibility index (Phi) is 7.91. The first-order valence-electron chi connectivity index (χ1n) is 13.6. The predicted molar refractivity (Wildman–Crippen MR) is 146 cm³/mol. The fourth-order valence-electron chi connectivity index (χ4n) is 5.65. The van der Waals surface area contributed by atoms with E-state index in [1.807, 2.05) is 0 Å². The minimum atomic E-state index is -4.60. The monoisotopic (exact) mass is 605 g/mol. The Bertz CT molecular complexity index is 1510. The molecule has 2 saturated carbocycles. The number of allylic oxidation sites excluding steroid dienone is 1. The number of hydrogen-bond donors (Lipinski definition) is 4. The molecule has 2 aromatic rings. The maximum absolute atomic E-state index is 14.9. The van der Waals surface area contributed by atoms with Crippen molar-refractivity contribution in [3.63, 3.8) is 0 Å². The van der Waals surface area contributed by atoms with E-state index in [1.165, 1.54) is 18.2 Å². The smallest absolute Gasteiger partial charge is 0.398 e. The van der Waals surface area contributed by atoms with Gasteiger partial charge in [0.2, 0.25) is 5.91 Å². The Morgan fingerprint density at radius 3 is 2.36 bits per heavy atom. The summed E-state index contributed by atoms with van der Waals surface area (Å²) in [6, 6.07) is 6.59. The first-order valence-corrected chi connectivity index (χ1v) is 14.0. The zero-order valence-corrected chi connectivity index (χ0v) is 23.1. The summed E-state index contributed by atoms with van der Waals surface area (Å²) in [5, 5.41) is 23.4. The van der Waals surface area contributed by atoms with E-state index in [-0.39, 0.29) is 81.8 Å². The zero-order chi connectivity index (χ0) is 30.4. The third kappa shape index (κ3) is 5.54. The lowest BCUT2D eigenvalue weighted by molar-refractivity contribution is -0.160. The largest absolute Gasteiger partial charge is 0.478 e. The minimum absolute atomic E-state index is 0.0426. The molecule has 0 spiro atoms. The third-order valence-electron chi connectivity index (χ3n) is 8.48. The van der Waals surface area contributed by atoms with Crippen LogP contribution in [0.25, 0.3) is 0 Å². The molecule has 3 aliphatic carbocycles. The van der Waals surface area contributed by atoms with E-state index < -0.39 is 35.3 Å². The van der Waals surface area contributed by atoms with Gasteiger partial charge in [-0.1, -0.05) is 30.2 Å². The molecule has 4 N–H and O–H groups in total. The van der Waals surface area contributed by atoms with Crippen LogP contribution in [0.5, 0.6) is 0 Å². The van der Waals surface area contributed by atoms with E-state index in [0.717, 1.165) is 37.5 Å². The van der Waals surface area contributed by atoms with Crippen LogP contribution in [0.3, 0.4) is 0 Å². The van der Waals surface area contributed by atoms with Gasteiger partial charge < -0.3 is 15.7 Å². The summed E-state index contributed by atoms with van der Waals surface area (Å²) in [7, 11) is 0. The average molecular weight is 606 g/mol. The van der Waals surface area contributed by atoms with Crippen LogP contribution in [0.4, 0.5) is 17.6 Å². The number of carboxylic acid groups (broad SMARTS) is 1. The Hall–Kier alpha value is -3.73. The standard InChI is InChI=1S/C30H28ClF4N3O4/c31-21-6-2-5-20(29(11-12-29)30(33,34)35)24(21)27(40)38-23-14-17(37-26(39)15-3-1-4-15)8-10-19(23)25(36)18-9-7-16(28(41)42)13-22(18)32/h2,5-7,9,13,15,17,36H,1,3-4,8,10-12,14H2,(H,37,39)(H,38,40)(H,41,42). The summed E-state index contributed by atoms with van der Waals surface area (Å²) in [6.07, 6.45) is -1.90. The molecule has 1 atom stereocenters. The highest BCUT2D eigenvalue weighted by Crippen LogP contribution is 2.60. The van der Waals surface area contributed by atoms with Crippen molar-refractivity contribution < 1.29 is 37.1 Å². The lowest BCUT2D eigenvalue weighted by Gasteiger charge is -2.32. The predicted octanol–water partition coefficient (Wildman–Crippen LogP) is 6.29. The molecule has 42 heavy (non-hydrogen) atoms. The number of carboxylic acids is 1. The second-order valence-corrected chi connectivity index (χ2v) is 11.5. The molecule has 1 unspecified atom stereocenters. The van der Waals surface area contributed by atoms with Crippen molar-refractivity contribution in [3.8, 4) is 0 Å². The van der Waals surface area contributed by atoms with Gasteiger partial charge in [-0.25, -0.2) is 9.18 Å². The summed E-state index contributed by atoms with van der Waals surface area (Å²) in [4.78, 5) is 37.5. The summed E-state index contributed by atoms with van der Waals surface area (Å²) in [6.45, 7) is 0. The van der Waals surface area contributed by atoms with Gasteiger partial charge in [0.05, 0.1) is 27.3 Å². The second-order valence-electron chi connectivity index (χ2n) is 11.1. The second kappa shape index (κ2) is 11.2. The number of aromatic carboxylic acids is 1. The summed E-state index contributed by atoms with van der Waals surface area (Å²) in [5.41, 5.74) is -3.19. The van der Waals surface area contributed by atoms with Gasteiger partial charge >= 0.3 is 12.1 Å². The molecule has 0 aromatic heterocycles. The van der Waals surface area contributed by atoms with E-state index in [4.69, 9.17) is 22.1 Å². The van der Waals surface area contributed by atoms with Crippen molar-refractivity contribution >= 4 is 35.1 Å². The highest BCUT2D eigenvalue weighted by atomic mass is 35.5. The lowest BCUT2D eigenvalue weighted by atomic mass is 9.83. The van der Waals surface area contributed by atoms with Crippen molar-refractivity contribution in [3.05, 3.63) is 80.8 Å². The first kappa shape index (κ1) is 29.8. The Balaban J connectivity index is 1.50. The fraction of sp³-hybridized carbons (Fsp3) is 0.400. The van der Waals surface area contributed by atoms with Gasteiger partial charge in [-0.15, -0.1) is 0 Å². The Morgan fingerprint density at radius 1 is 1.07 bits per heavy atom. The van der Waals surface area contributed by atoms with Crippen LogP contribution in [0.1, 0.15) is 83.2 Å². The molecule has 3 aliphatic rings. The number of amides is 2. The molecular weight excluding hydrogens is 578 g/mol. The lowest BCUT2D eigenvalue weighted by Crippen LogP contribution is -2.44. The normalized spacial score (nSPS) is 20.0. The van der Waals surface area contributed by atoms with Gasteiger partial charge in [0, 0.05) is 29.6 Å². The topological polar surface area (TPSA) is 119 Å². The van der Waals surface area contributed by atoms with Crippen LogP contribution in [0.2, 0.25) is 5.02 Å². The molecular formula is C30H28ClF4N3O4. The van der Waals surface area contributed by atoms with Crippen LogP contribution < -0.4 is 10.6 Å². The molecule has 2 fully saturated rings. The number of carbonyl (C=O) groups is 3. The van der Waals surface area contributed by atoms with Gasteiger partial charge in [-0.3, -0.25) is 15.0 Å². The van der Waals surface area contributed by atoms with Crippen LogP contribution >= 0.6 is 11.6 Å². The van der Waals surface area contributed by atoms with E-state index in [0.29, 0.717) is 6.42 Å². The molecule has 12 heteroatoms. The molecule has 0 saturated heterocycles. The number of halogens is 5. The van der Waals surface area contributed by atoms with Crippen molar-refractivity contribution in [1.29, 1.82) is 5.41 Å². The van der Waals surface area contributed by atoms with Crippen molar-refractivity contribution in [2.24, 2.45) is 5.92 Å². The number of nitrogens with one attached hydrogen (secondary N) is 3. The van der Waals surface area contributed by atoms with Crippen LogP contribution in [-0.4, -0.2) is 40.8 Å². The molecule has 2 amide bonds. The number of alkyl halides is 3. The molecule has 0 heterocycles. The first-order chi connectivity index (χ1) is 19.8. The van der Waals surface area contributed by atoms with Gasteiger partial charge in [0.15, 0.2) is 0 Å². The van der Waals surface area contributed by atoms with Crippen molar-refractivity contribution in [2.75, 3.05) is 0 Å². The van der Waals surface area contributed by atoms with Gasteiger partial charge in [-0.2, -0.15) is 13.2 Å². The number of rotatable bonds is 8. The molecule has 222 valence electrons. The van der Waals surface area contributed by atoms with E-state index >= 15 is 0 Å². The molecule has 0 aliphatic heterocycles. The van der Waals surface area contributed by atoms with Gasteiger partial charge in [0.25, 0.3) is 5.91 Å². The average Bonchev–Trinajstić information content (AvgIpc) is 3.69. The zero-order valence-electron chi connectivity index (χ0n) is 22.3. The highest BCUT2D eigenvalue weighted by Gasteiger charge is 2.65. The van der Waals surface area contributed by atoms with Crippen LogP contribution in [0, 0.1) is 17.1 Å². The number of carbonyl (C=O) groups excluding carboxylic acids is 2. The highest BCUT2D eigenvalue weighted by molar-refractivity contribution is 6.34. The molecule has 7 nitrogen and oxygen atoms in total. The number of hydrogen-bond acceptors (Lipinski definition) is 4. The molecule has 2 aromatic carbocycles. The quantitative estimate of drug-likeness (QED) is 0.209. The maximum Gasteiger partial charge on any atom is 0.398 e. The summed E-state index contributed by atoms with van der Waals surface area (Å²) < 4.78 is 57.0. The molecule has 0 radical (unpaired) electrons. The third-order valence-corrected chi connectivity index (χ3v) is 8.80. The van der Waals surface area contributed by atoms with Gasteiger partial charge in [-0.05, 0) is 73.9 Å². The molecule has 5 rings (SSSR count).